The van der Waals surface area contributed by atoms with Gasteiger partial charge >= 0.3 is 0 Å². The SMILES string of the molecule is c1ccc(-c2nc(-c3cc(-c4ccccc4)c(-n4c5ccccc5c5c6sc7c(ccc8c7c7ccccc7n8-c7ccccc7)c6ccc54)c(-c4ccccc4)c3)c3sc4ccccc4c3n2)cc1. The number of benzene rings is 10. The van der Waals surface area contributed by atoms with Crippen LogP contribution in [0.5, 0.6) is 0 Å². The summed E-state index contributed by atoms with van der Waals surface area (Å²) >= 11 is 3.70. The first kappa shape index (κ1) is 39.3. The maximum Gasteiger partial charge on any atom is 0.160 e. The predicted molar refractivity (Wildman–Crippen MR) is 298 cm³/mol. The van der Waals surface area contributed by atoms with E-state index in [1.165, 1.54) is 68.7 Å². The van der Waals surface area contributed by atoms with Gasteiger partial charge in [0.2, 0.25) is 0 Å². The van der Waals surface area contributed by atoms with Crippen LogP contribution in [0.3, 0.4) is 0 Å². The molecule has 5 aromatic heterocycles. The number of nitrogens with zero attached hydrogens (tertiary/aromatic N) is 4. The molecule has 15 aromatic rings. The summed E-state index contributed by atoms with van der Waals surface area (Å²) in [5, 5.41) is 8.78. The van der Waals surface area contributed by atoms with E-state index in [0.29, 0.717) is 0 Å². The van der Waals surface area contributed by atoms with E-state index in [1.807, 2.05) is 17.4 Å². The highest BCUT2D eigenvalue weighted by molar-refractivity contribution is 7.28. The standard InChI is InChI=1S/C64H38N4S2/c1-5-19-39(20-6-1)49-37-42(58-63-59(48-29-15-18-32-55(48)69-63)66-64(65-58)41-23-9-3-10-24-41)38-50(40-21-7-2-8-22-40)60(49)68-52-31-17-14-28-47(52)57-54(68)36-34-45-44-33-35-53-56(61(44)70-62(45)57)46-27-13-16-30-51(46)67(53)43-25-11-4-12-26-43/h1-38H. The molecule has 15 rings (SSSR count). The third-order valence-electron chi connectivity index (χ3n) is 14.1. The van der Waals surface area contributed by atoms with Crippen LogP contribution in [0.1, 0.15) is 0 Å². The molecule has 0 fully saturated rings. The van der Waals surface area contributed by atoms with Crippen molar-refractivity contribution < 1.29 is 0 Å². The zero-order chi connectivity index (χ0) is 45.9. The van der Waals surface area contributed by atoms with Crippen molar-refractivity contribution in [1.82, 2.24) is 19.1 Å². The summed E-state index contributed by atoms with van der Waals surface area (Å²) in [6.45, 7) is 0. The first-order chi connectivity index (χ1) is 34.7. The molecule has 0 atom stereocenters. The Balaban J connectivity index is 1.06. The van der Waals surface area contributed by atoms with E-state index in [2.05, 4.69) is 234 Å². The monoisotopic (exact) mass is 926 g/mol. The van der Waals surface area contributed by atoms with Crippen molar-refractivity contribution in [1.29, 1.82) is 0 Å². The second-order valence-electron chi connectivity index (χ2n) is 18.0. The molecule has 0 radical (unpaired) electrons. The van der Waals surface area contributed by atoms with Gasteiger partial charge in [-0.1, -0.05) is 176 Å². The summed E-state index contributed by atoms with van der Waals surface area (Å²) in [6, 6.07) is 83.6. The van der Waals surface area contributed by atoms with E-state index in [1.54, 1.807) is 11.3 Å². The molecule has 0 unspecified atom stereocenters. The van der Waals surface area contributed by atoms with Crippen molar-refractivity contribution >= 4 is 107 Å². The summed E-state index contributed by atoms with van der Waals surface area (Å²) in [5.41, 5.74) is 15.5. The van der Waals surface area contributed by atoms with Crippen molar-refractivity contribution in [2.24, 2.45) is 0 Å². The fourth-order valence-electron chi connectivity index (χ4n) is 11.1. The number of hydrogen-bond donors (Lipinski definition) is 0. The van der Waals surface area contributed by atoms with Crippen molar-refractivity contribution in [3.05, 3.63) is 231 Å². The number of aromatic nitrogens is 4. The lowest BCUT2D eigenvalue weighted by molar-refractivity contribution is 1.18. The van der Waals surface area contributed by atoms with Gasteiger partial charge in [0.15, 0.2) is 5.82 Å². The van der Waals surface area contributed by atoms with Gasteiger partial charge in [0.1, 0.15) is 0 Å². The first-order valence-electron chi connectivity index (χ1n) is 23.7. The van der Waals surface area contributed by atoms with E-state index in [4.69, 9.17) is 9.97 Å². The lowest BCUT2D eigenvalue weighted by Gasteiger charge is -2.21. The molecular formula is C64H38N4S2. The molecule has 0 saturated heterocycles. The van der Waals surface area contributed by atoms with Crippen LogP contribution in [-0.2, 0) is 0 Å². The van der Waals surface area contributed by atoms with Crippen LogP contribution >= 0.6 is 22.7 Å². The summed E-state index contributed by atoms with van der Waals surface area (Å²) in [6.07, 6.45) is 0. The van der Waals surface area contributed by atoms with Gasteiger partial charge < -0.3 is 9.13 Å². The number of fused-ring (bicyclic) bond motifs is 14. The Morgan fingerprint density at radius 3 is 1.41 bits per heavy atom. The van der Waals surface area contributed by atoms with Gasteiger partial charge in [0.25, 0.3) is 0 Å². The highest BCUT2D eigenvalue weighted by Gasteiger charge is 2.26. The summed E-state index contributed by atoms with van der Waals surface area (Å²) < 4.78 is 9.86. The highest BCUT2D eigenvalue weighted by Crippen LogP contribution is 2.50. The molecule has 0 saturated carbocycles. The predicted octanol–water partition coefficient (Wildman–Crippen LogP) is 18.1. The van der Waals surface area contributed by atoms with Crippen LogP contribution < -0.4 is 0 Å². The van der Waals surface area contributed by atoms with Crippen molar-refractivity contribution in [3.63, 3.8) is 0 Å². The Morgan fingerprint density at radius 1 is 0.329 bits per heavy atom. The van der Waals surface area contributed by atoms with Crippen molar-refractivity contribution in [2.75, 3.05) is 0 Å². The normalized spacial score (nSPS) is 12.0. The third kappa shape index (κ3) is 5.81. The minimum Gasteiger partial charge on any atom is -0.309 e. The van der Waals surface area contributed by atoms with Gasteiger partial charge in [-0.3, -0.25) is 0 Å². The quantitative estimate of drug-likeness (QED) is 0.167. The highest BCUT2D eigenvalue weighted by atomic mass is 32.1. The number of hydrogen-bond acceptors (Lipinski definition) is 4. The van der Waals surface area contributed by atoms with E-state index < -0.39 is 0 Å². The maximum absolute atomic E-state index is 5.50. The van der Waals surface area contributed by atoms with Crippen LogP contribution in [0.4, 0.5) is 0 Å². The molecule has 0 aliphatic carbocycles. The molecule has 5 heterocycles. The Labute approximate surface area is 410 Å². The van der Waals surface area contributed by atoms with Gasteiger partial charge in [-0.15, -0.1) is 22.7 Å². The Bertz CT molecular complexity index is 4510. The smallest absolute Gasteiger partial charge is 0.160 e. The molecule has 0 aliphatic rings. The average molecular weight is 927 g/mol. The zero-order valence-corrected chi connectivity index (χ0v) is 39.2. The molecule has 326 valence electrons. The molecular weight excluding hydrogens is 889 g/mol. The molecule has 10 aromatic carbocycles. The molecule has 0 spiro atoms. The topological polar surface area (TPSA) is 35.6 Å². The van der Waals surface area contributed by atoms with Crippen molar-refractivity contribution in [2.45, 2.75) is 0 Å². The Hall–Kier alpha value is -8.68. The van der Waals surface area contributed by atoms with Gasteiger partial charge in [-0.25, -0.2) is 9.97 Å². The Morgan fingerprint density at radius 2 is 0.814 bits per heavy atom. The van der Waals surface area contributed by atoms with Crippen LogP contribution in [0.2, 0.25) is 0 Å². The number of rotatable bonds is 6. The van der Waals surface area contributed by atoms with Crippen LogP contribution in [0.25, 0.3) is 140 Å². The van der Waals surface area contributed by atoms with Crippen LogP contribution in [0, 0.1) is 0 Å². The maximum atomic E-state index is 5.50. The van der Waals surface area contributed by atoms with E-state index >= 15 is 0 Å². The van der Waals surface area contributed by atoms with E-state index in [9.17, 15) is 0 Å². The molecule has 0 N–H and O–H groups in total. The lowest BCUT2D eigenvalue weighted by atomic mass is 9.91. The van der Waals surface area contributed by atoms with Crippen molar-refractivity contribution in [3.8, 4) is 56.3 Å². The van der Waals surface area contributed by atoms with Gasteiger partial charge in [-0.05, 0) is 65.7 Å². The number of thiophene rings is 2. The fourth-order valence-corrected chi connectivity index (χ4v) is 13.6. The minimum absolute atomic E-state index is 0.718. The second-order valence-corrected chi connectivity index (χ2v) is 20.1. The average Bonchev–Trinajstić information content (AvgIpc) is 4.19. The lowest BCUT2D eigenvalue weighted by Crippen LogP contribution is -2.02. The summed E-state index contributed by atoms with van der Waals surface area (Å²) in [7, 11) is 0. The second kappa shape index (κ2) is 15.4. The van der Waals surface area contributed by atoms with Gasteiger partial charge in [-0.2, -0.15) is 0 Å². The molecule has 0 amide bonds. The van der Waals surface area contributed by atoms with Crippen LogP contribution in [0.15, 0.2) is 231 Å². The van der Waals surface area contributed by atoms with E-state index in [0.717, 1.165) is 71.7 Å². The molecule has 4 nitrogen and oxygen atoms in total. The third-order valence-corrected chi connectivity index (χ3v) is 16.5. The zero-order valence-electron chi connectivity index (χ0n) is 37.5. The Kier molecular flexibility index (Phi) is 8.66. The van der Waals surface area contributed by atoms with Gasteiger partial charge in [0, 0.05) is 79.7 Å². The molecule has 6 heteroatoms. The molecule has 0 bridgehead atoms. The van der Waals surface area contributed by atoms with E-state index in [-0.39, 0.29) is 0 Å². The summed E-state index contributed by atoms with van der Waals surface area (Å²) in [5.74, 6) is 0.718. The fraction of sp³-hybridized carbons (Fsp3) is 0. The van der Waals surface area contributed by atoms with Crippen LogP contribution in [-0.4, -0.2) is 19.1 Å². The first-order valence-corrected chi connectivity index (χ1v) is 25.3. The largest absolute Gasteiger partial charge is 0.309 e. The molecule has 0 aliphatic heterocycles. The van der Waals surface area contributed by atoms with Gasteiger partial charge in [0.05, 0.1) is 43.7 Å². The molecule has 70 heavy (non-hydrogen) atoms. The summed E-state index contributed by atoms with van der Waals surface area (Å²) in [4.78, 5) is 10.8. The minimum atomic E-state index is 0.718. The number of para-hydroxylation sites is 3.